The zero-order valence-corrected chi connectivity index (χ0v) is 17.1. The lowest BCUT2D eigenvalue weighted by Gasteiger charge is -2.09. The largest absolute Gasteiger partial charge is 0.480 e. The summed E-state index contributed by atoms with van der Waals surface area (Å²) in [5, 5.41) is 11.0. The zero-order chi connectivity index (χ0) is 20.9. The van der Waals surface area contributed by atoms with Crippen LogP contribution in [0.3, 0.4) is 0 Å². The third-order valence-electron chi connectivity index (χ3n) is 5.26. The highest BCUT2D eigenvalue weighted by Crippen LogP contribution is 2.39. The minimum atomic E-state index is -3.41. The van der Waals surface area contributed by atoms with Crippen molar-refractivity contribution < 1.29 is 18.3 Å². The number of hydrogen-bond donors (Lipinski definition) is 1. The van der Waals surface area contributed by atoms with Crippen LogP contribution in [0.1, 0.15) is 11.3 Å². The number of hydrogen-bond acceptors (Lipinski definition) is 4. The van der Waals surface area contributed by atoms with Crippen LogP contribution >= 0.6 is 0 Å². The number of rotatable bonds is 4. The quantitative estimate of drug-likeness (QED) is 0.552. The average Bonchev–Trinajstić information content (AvgIpc) is 2.92. The van der Waals surface area contributed by atoms with Gasteiger partial charge in [0, 0.05) is 40.0 Å². The number of carboxylic acids is 1. The molecule has 0 bridgehead atoms. The van der Waals surface area contributed by atoms with E-state index >= 15 is 0 Å². The highest BCUT2D eigenvalue weighted by molar-refractivity contribution is 7.90. The minimum absolute atomic E-state index is 0.202. The van der Waals surface area contributed by atoms with Crippen molar-refractivity contribution in [2.45, 2.75) is 25.3 Å². The molecule has 0 fully saturated rings. The highest BCUT2D eigenvalue weighted by Gasteiger charge is 2.21. The summed E-state index contributed by atoms with van der Waals surface area (Å²) in [6.07, 6.45) is 2.89. The molecule has 2 aromatic heterocycles. The van der Waals surface area contributed by atoms with E-state index in [1.807, 2.05) is 38.1 Å². The topological polar surface area (TPSA) is 89.3 Å². The van der Waals surface area contributed by atoms with E-state index in [1.165, 1.54) is 12.3 Å². The molecule has 0 saturated heterocycles. The number of aliphatic carboxylic acids is 1. The van der Waals surface area contributed by atoms with Gasteiger partial charge in [-0.25, -0.2) is 8.42 Å². The number of aromatic nitrogens is 2. The van der Waals surface area contributed by atoms with Crippen LogP contribution in [0, 0.1) is 13.8 Å². The van der Waals surface area contributed by atoms with Crippen molar-refractivity contribution in [3.8, 4) is 11.1 Å². The second-order valence-electron chi connectivity index (χ2n) is 7.22. The number of benzene rings is 2. The molecule has 0 aliphatic heterocycles. The van der Waals surface area contributed by atoms with Crippen LogP contribution in [-0.4, -0.2) is 35.3 Å². The molecule has 29 heavy (non-hydrogen) atoms. The van der Waals surface area contributed by atoms with Crippen LogP contribution in [0.15, 0.2) is 53.6 Å². The van der Waals surface area contributed by atoms with E-state index in [4.69, 9.17) is 0 Å². The lowest BCUT2D eigenvalue weighted by atomic mass is 9.97. The van der Waals surface area contributed by atoms with Crippen molar-refractivity contribution >= 4 is 37.6 Å². The second-order valence-corrected chi connectivity index (χ2v) is 9.24. The van der Waals surface area contributed by atoms with Gasteiger partial charge < -0.3 is 9.67 Å². The summed E-state index contributed by atoms with van der Waals surface area (Å²) >= 11 is 0. The van der Waals surface area contributed by atoms with Gasteiger partial charge in [-0.2, -0.15) is 0 Å². The Balaban J connectivity index is 2.15. The Labute approximate surface area is 168 Å². The third-order valence-corrected chi connectivity index (χ3v) is 6.37. The number of para-hydroxylation sites is 1. The SMILES string of the molecule is Cc1cccc2c(-c3c(C)n(CC(=O)O)c4ccc(S(C)(=O)=O)cc34)ccnc12. The van der Waals surface area contributed by atoms with Crippen molar-refractivity contribution in [3.05, 3.63) is 59.9 Å². The molecule has 0 radical (unpaired) electrons. The summed E-state index contributed by atoms with van der Waals surface area (Å²) in [6, 6.07) is 12.6. The lowest BCUT2D eigenvalue weighted by Crippen LogP contribution is -2.10. The van der Waals surface area contributed by atoms with Gasteiger partial charge >= 0.3 is 5.97 Å². The molecule has 6 nitrogen and oxygen atoms in total. The second kappa shape index (κ2) is 6.70. The van der Waals surface area contributed by atoms with E-state index in [9.17, 15) is 18.3 Å². The Bertz CT molecular complexity index is 1400. The van der Waals surface area contributed by atoms with Gasteiger partial charge in [0.2, 0.25) is 0 Å². The predicted octanol–water partition coefficient (Wildman–Crippen LogP) is 3.96. The van der Waals surface area contributed by atoms with Gasteiger partial charge in [-0.3, -0.25) is 9.78 Å². The summed E-state index contributed by atoms with van der Waals surface area (Å²) < 4.78 is 26.0. The molecule has 7 heteroatoms. The molecule has 2 heterocycles. The number of carbonyl (C=O) groups is 1. The van der Waals surface area contributed by atoms with E-state index in [0.29, 0.717) is 10.9 Å². The molecule has 0 aliphatic carbocycles. The molecule has 4 aromatic rings. The van der Waals surface area contributed by atoms with Crippen molar-refractivity contribution in [1.29, 1.82) is 0 Å². The van der Waals surface area contributed by atoms with E-state index < -0.39 is 15.8 Å². The number of pyridine rings is 1. The van der Waals surface area contributed by atoms with E-state index in [2.05, 4.69) is 4.98 Å². The normalized spacial score (nSPS) is 12.0. The van der Waals surface area contributed by atoms with Gasteiger partial charge in [0.25, 0.3) is 0 Å². The number of aryl methyl sites for hydroxylation is 1. The van der Waals surface area contributed by atoms with Crippen LogP contribution in [0.25, 0.3) is 32.9 Å². The van der Waals surface area contributed by atoms with Crippen molar-refractivity contribution in [2.24, 2.45) is 0 Å². The van der Waals surface area contributed by atoms with Crippen LogP contribution in [-0.2, 0) is 21.2 Å². The van der Waals surface area contributed by atoms with Crippen molar-refractivity contribution in [3.63, 3.8) is 0 Å². The Morgan fingerprint density at radius 2 is 1.86 bits per heavy atom. The van der Waals surface area contributed by atoms with Crippen LogP contribution in [0.4, 0.5) is 0 Å². The Kier molecular flexibility index (Phi) is 4.42. The smallest absolute Gasteiger partial charge is 0.323 e. The average molecular weight is 408 g/mol. The highest BCUT2D eigenvalue weighted by atomic mass is 32.2. The van der Waals surface area contributed by atoms with Gasteiger partial charge in [-0.05, 0) is 49.2 Å². The standard InChI is InChI=1S/C22H20N2O4S/c1-13-5-4-6-17-16(9-10-23-22(13)17)21-14(2)24(12-20(25)26)19-8-7-15(11-18(19)21)29(3,27)28/h4-11H,12H2,1-3H3,(H,25,26). The number of nitrogens with zero attached hydrogens (tertiary/aromatic N) is 2. The minimum Gasteiger partial charge on any atom is -0.480 e. The monoisotopic (exact) mass is 408 g/mol. The molecular weight excluding hydrogens is 388 g/mol. The molecule has 0 amide bonds. The van der Waals surface area contributed by atoms with Gasteiger partial charge in [-0.1, -0.05) is 18.2 Å². The van der Waals surface area contributed by atoms with Crippen LogP contribution in [0.2, 0.25) is 0 Å². The molecule has 0 aliphatic rings. The van der Waals surface area contributed by atoms with Gasteiger partial charge in [0.1, 0.15) is 6.54 Å². The van der Waals surface area contributed by atoms with Gasteiger partial charge in [-0.15, -0.1) is 0 Å². The number of sulfone groups is 1. The van der Waals surface area contributed by atoms with E-state index in [0.717, 1.165) is 33.3 Å². The Morgan fingerprint density at radius 1 is 1.10 bits per heavy atom. The Morgan fingerprint density at radius 3 is 2.55 bits per heavy atom. The lowest BCUT2D eigenvalue weighted by molar-refractivity contribution is -0.137. The molecule has 4 rings (SSSR count). The first-order chi connectivity index (χ1) is 13.7. The van der Waals surface area contributed by atoms with Crippen LogP contribution in [0.5, 0.6) is 0 Å². The fourth-order valence-electron chi connectivity index (χ4n) is 3.91. The van der Waals surface area contributed by atoms with Crippen LogP contribution < -0.4 is 0 Å². The summed E-state index contributed by atoms with van der Waals surface area (Å²) in [4.78, 5) is 16.2. The fraction of sp³-hybridized carbons (Fsp3) is 0.182. The summed E-state index contributed by atoms with van der Waals surface area (Å²) in [7, 11) is -3.41. The molecule has 0 saturated carbocycles. The fourth-order valence-corrected chi connectivity index (χ4v) is 4.56. The van der Waals surface area contributed by atoms with E-state index in [1.54, 1.807) is 22.9 Å². The maximum atomic E-state index is 12.1. The molecular formula is C22H20N2O4S. The molecule has 148 valence electrons. The summed E-state index contributed by atoms with van der Waals surface area (Å²) in [5.41, 5.74) is 5.07. The summed E-state index contributed by atoms with van der Waals surface area (Å²) in [6.45, 7) is 3.64. The summed E-state index contributed by atoms with van der Waals surface area (Å²) in [5.74, 6) is -0.959. The van der Waals surface area contributed by atoms with Crippen molar-refractivity contribution in [1.82, 2.24) is 9.55 Å². The maximum absolute atomic E-state index is 12.1. The zero-order valence-electron chi connectivity index (χ0n) is 16.3. The number of carboxylic acid groups (broad SMARTS) is 1. The third kappa shape index (κ3) is 3.17. The predicted molar refractivity (Wildman–Crippen MR) is 113 cm³/mol. The van der Waals surface area contributed by atoms with Crippen molar-refractivity contribution in [2.75, 3.05) is 6.26 Å². The first kappa shape index (κ1) is 19.1. The maximum Gasteiger partial charge on any atom is 0.323 e. The Hall–Kier alpha value is -3.19. The first-order valence-electron chi connectivity index (χ1n) is 9.08. The number of fused-ring (bicyclic) bond motifs is 2. The molecule has 1 N–H and O–H groups in total. The van der Waals surface area contributed by atoms with E-state index in [-0.39, 0.29) is 11.4 Å². The molecule has 2 aromatic carbocycles. The van der Waals surface area contributed by atoms with Gasteiger partial charge in [0.15, 0.2) is 9.84 Å². The van der Waals surface area contributed by atoms with Gasteiger partial charge in [0.05, 0.1) is 10.4 Å². The molecule has 0 atom stereocenters. The molecule has 0 spiro atoms. The first-order valence-corrected chi connectivity index (χ1v) is 11.0. The molecule has 0 unspecified atom stereocenters.